The van der Waals surface area contributed by atoms with Gasteiger partial charge in [0.2, 0.25) is 0 Å². The zero-order valence-electron chi connectivity index (χ0n) is 11.1. The lowest BCUT2D eigenvalue weighted by molar-refractivity contribution is -0.125. The zero-order valence-corrected chi connectivity index (χ0v) is 11.8. The number of ketones is 1. The highest BCUT2D eigenvalue weighted by Gasteiger charge is 2.36. The SMILES string of the molecule is N#CC(C#N)C(c1ccc(Cl)cc1)C1CCCCC1=O. The van der Waals surface area contributed by atoms with Gasteiger partial charge < -0.3 is 0 Å². The van der Waals surface area contributed by atoms with Crippen LogP contribution < -0.4 is 0 Å². The molecule has 0 amide bonds. The van der Waals surface area contributed by atoms with Gasteiger partial charge in [0.25, 0.3) is 0 Å². The van der Waals surface area contributed by atoms with E-state index in [0.717, 1.165) is 24.8 Å². The minimum absolute atomic E-state index is 0.173. The number of carbonyl (C=O) groups is 1. The molecular weight excluding hydrogens is 272 g/mol. The first kappa shape index (κ1) is 14.6. The van der Waals surface area contributed by atoms with Crippen molar-refractivity contribution in [3.05, 3.63) is 34.9 Å². The Kier molecular flexibility index (Phi) is 4.77. The summed E-state index contributed by atoms with van der Waals surface area (Å²) >= 11 is 5.88. The molecule has 0 aromatic heterocycles. The molecule has 2 rings (SSSR count). The van der Waals surface area contributed by atoms with Crippen molar-refractivity contribution in [2.24, 2.45) is 11.8 Å². The standard InChI is InChI=1S/C16H15ClN2O/c17-13-7-5-11(6-8-13)16(12(9-18)10-19)14-3-1-2-4-15(14)20/h5-8,12,14,16H,1-4H2. The molecule has 0 aliphatic heterocycles. The van der Waals surface area contributed by atoms with Gasteiger partial charge in [0.1, 0.15) is 11.7 Å². The fourth-order valence-corrected chi connectivity index (χ4v) is 3.05. The molecular formula is C16H15ClN2O. The molecule has 4 heteroatoms. The van der Waals surface area contributed by atoms with Crippen LogP contribution >= 0.6 is 11.6 Å². The third kappa shape index (κ3) is 3.00. The molecule has 1 fully saturated rings. The van der Waals surface area contributed by atoms with Crippen molar-refractivity contribution in [3.63, 3.8) is 0 Å². The maximum atomic E-state index is 12.2. The number of nitriles is 2. The number of benzene rings is 1. The van der Waals surface area contributed by atoms with Crippen LogP contribution in [0, 0.1) is 34.5 Å². The monoisotopic (exact) mass is 286 g/mol. The van der Waals surface area contributed by atoms with Crippen LogP contribution in [-0.4, -0.2) is 5.78 Å². The Morgan fingerprint density at radius 2 is 1.80 bits per heavy atom. The lowest BCUT2D eigenvalue weighted by Gasteiger charge is -2.30. The average Bonchev–Trinajstić information content (AvgIpc) is 2.47. The van der Waals surface area contributed by atoms with Crippen LogP contribution in [0.2, 0.25) is 5.02 Å². The van der Waals surface area contributed by atoms with Gasteiger partial charge in [0, 0.05) is 23.3 Å². The summed E-state index contributed by atoms with van der Waals surface area (Å²) in [7, 11) is 0. The molecule has 1 aliphatic carbocycles. The highest BCUT2D eigenvalue weighted by atomic mass is 35.5. The maximum absolute atomic E-state index is 12.2. The molecule has 102 valence electrons. The molecule has 1 aromatic carbocycles. The van der Waals surface area contributed by atoms with Crippen molar-refractivity contribution in [1.29, 1.82) is 10.5 Å². The average molecular weight is 287 g/mol. The zero-order chi connectivity index (χ0) is 14.5. The summed E-state index contributed by atoms with van der Waals surface area (Å²) in [5.41, 5.74) is 0.850. The van der Waals surface area contributed by atoms with Crippen LogP contribution in [0.15, 0.2) is 24.3 Å². The number of Topliss-reactive ketones (excluding diaryl/α,β-unsaturated/α-hetero) is 1. The summed E-state index contributed by atoms with van der Waals surface area (Å²) in [6, 6.07) is 11.2. The summed E-state index contributed by atoms with van der Waals surface area (Å²) < 4.78 is 0. The van der Waals surface area contributed by atoms with Gasteiger partial charge in [-0.3, -0.25) is 4.79 Å². The van der Waals surface area contributed by atoms with Crippen LogP contribution in [-0.2, 0) is 4.79 Å². The van der Waals surface area contributed by atoms with Crippen LogP contribution in [0.5, 0.6) is 0 Å². The first-order chi connectivity index (χ1) is 9.67. The molecule has 0 spiro atoms. The number of carbonyl (C=O) groups excluding carboxylic acids is 1. The van der Waals surface area contributed by atoms with E-state index in [1.807, 2.05) is 24.3 Å². The van der Waals surface area contributed by atoms with Gasteiger partial charge >= 0.3 is 0 Å². The third-order valence-corrected chi connectivity index (χ3v) is 4.18. The van der Waals surface area contributed by atoms with Gasteiger partial charge in [-0.25, -0.2) is 0 Å². The van der Waals surface area contributed by atoms with Crippen LogP contribution in [0.3, 0.4) is 0 Å². The summed E-state index contributed by atoms with van der Waals surface area (Å²) in [6.07, 6.45) is 3.20. The van der Waals surface area contributed by atoms with E-state index in [-0.39, 0.29) is 17.6 Å². The second kappa shape index (κ2) is 6.55. The summed E-state index contributed by atoms with van der Waals surface area (Å²) in [6.45, 7) is 0. The second-order valence-corrected chi connectivity index (χ2v) is 5.57. The highest BCUT2D eigenvalue weighted by Crippen LogP contribution is 2.39. The molecule has 2 atom stereocenters. The van der Waals surface area contributed by atoms with E-state index in [9.17, 15) is 15.3 Å². The lowest BCUT2D eigenvalue weighted by Crippen LogP contribution is -2.29. The lowest BCUT2D eigenvalue weighted by atomic mass is 9.71. The maximum Gasteiger partial charge on any atom is 0.140 e. The van der Waals surface area contributed by atoms with Gasteiger partial charge in [-0.2, -0.15) is 10.5 Å². The summed E-state index contributed by atoms with van der Waals surface area (Å²) in [4.78, 5) is 12.2. The number of rotatable bonds is 3. The van der Waals surface area contributed by atoms with Gasteiger partial charge in [-0.15, -0.1) is 0 Å². The van der Waals surface area contributed by atoms with Crippen molar-refractivity contribution < 1.29 is 4.79 Å². The van der Waals surface area contributed by atoms with Crippen molar-refractivity contribution in [3.8, 4) is 12.1 Å². The van der Waals surface area contributed by atoms with E-state index in [0.29, 0.717) is 11.4 Å². The van der Waals surface area contributed by atoms with Gasteiger partial charge in [-0.05, 0) is 30.5 Å². The fraction of sp³-hybridized carbons (Fsp3) is 0.438. The Morgan fingerprint density at radius 3 is 2.35 bits per heavy atom. The molecule has 0 saturated heterocycles. The van der Waals surface area contributed by atoms with Gasteiger partial charge in [-0.1, -0.05) is 30.2 Å². The largest absolute Gasteiger partial charge is 0.299 e. The fourth-order valence-electron chi connectivity index (χ4n) is 2.92. The van der Waals surface area contributed by atoms with E-state index >= 15 is 0 Å². The van der Waals surface area contributed by atoms with E-state index in [2.05, 4.69) is 0 Å². The highest BCUT2D eigenvalue weighted by molar-refractivity contribution is 6.30. The van der Waals surface area contributed by atoms with Crippen LogP contribution in [0.1, 0.15) is 37.2 Å². The molecule has 1 aliphatic rings. The summed E-state index contributed by atoms with van der Waals surface area (Å²) in [5, 5.41) is 19.0. The quantitative estimate of drug-likeness (QED) is 0.848. The number of hydrogen-bond donors (Lipinski definition) is 0. The third-order valence-electron chi connectivity index (χ3n) is 3.93. The Morgan fingerprint density at radius 1 is 1.15 bits per heavy atom. The molecule has 1 saturated carbocycles. The Bertz CT molecular complexity index is 554. The smallest absolute Gasteiger partial charge is 0.140 e. The minimum atomic E-state index is -0.803. The molecule has 0 radical (unpaired) electrons. The van der Waals surface area contributed by atoms with E-state index in [4.69, 9.17) is 11.6 Å². The molecule has 3 nitrogen and oxygen atoms in total. The number of nitrogens with zero attached hydrogens (tertiary/aromatic N) is 2. The molecule has 0 bridgehead atoms. The first-order valence-electron chi connectivity index (χ1n) is 6.74. The Hall–Kier alpha value is -1.84. The van der Waals surface area contributed by atoms with E-state index < -0.39 is 5.92 Å². The Balaban J connectivity index is 2.39. The number of hydrogen-bond acceptors (Lipinski definition) is 3. The predicted octanol–water partition coefficient (Wildman–Crippen LogP) is 3.85. The normalized spacial score (nSPS) is 20.2. The Labute approximate surface area is 123 Å². The van der Waals surface area contributed by atoms with Crippen molar-refractivity contribution >= 4 is 17.4 Å². The van der Waals surface area contributed by atoms with E-state index in [1.54, 1.807) is 12.1 Å². The molecule has 0 heterocycles. The van der Waals surface area contributed by atoms with E-state index in [1.165, 1.54) is 0 Å². The topological polar surface area (TPSA) is 64.7 Å². The van der Waals surface area contributed by atoms with Crippen LogP contribution in [0.4, 0.5) is 0 Å². The molecule has 20 heavy (non-hydrogen) atoms. The first-order valence-corrected chi connectivity index (χ1v) is 7.12. The number of halogens is 1. The van der Waals surface area contributed by atoms with Gasteiger partial charge in [0.15, 0.2) is 0 Å². The molecule has 1 aromatic rings. The predicted molar refractivity (Wildman–Crippen MR) is 75.9 cm³/mol. The summed E-state index contributed by atoms with van der Waals surface area (Å²) in [5.74, 6) is -1.21. The minimum Gasteiger partial charge on any atom is -0.299 e. The van der Waals surface area contributed by atoms with Crippen molar-refractivity contribution in [2.75, 3.05) is 0 Å². The van der Waals surface area contributed by atoms with Crippen LogP contribution in [0.25, 0.3) is 0 Å². The molecule has 2 unspecified atom stereocenters. The second-order valence-electron chi connectivity index (χ2n) is 5.13. The van der Waals surface area contributed by atoms with Crippen molar-refractivity contribution in [1.82, 2.24) is 0 Å². The molecule has 0 N–H and O–H groups in total. The van der Waals surface area contributed by atoms with Gasteiger partial charge in [0.05, 0.1) is 12.1 Å². The van der Waals surface area contributed by atoms with Crippen molar-refractivity contribution in [2.45, 2.75) is 31.6 Å².